The van der Waals surface area contributed by atoms with E-state index in [4.69, 9.17) is 12.2 Å². The molecule has 0 aliphatic carbocycles. The summed E-state index contributed by atoms with van der Waals surface area (Å²) in [5.41, 5.74) is 1.01. The summed E-state index contributed by atoms with van der Waals surface area (Å²) in [7, 11) is 0. The number of aryl methyl sites for hydroxylation is 1. The quantitative estimate of drug-likeness (QED) is 0.823. The summed E-state index contributed by atoms with van der Waals surface area (Å²) in [5.74, 6) is 0.188. The zero-order valence-electron chi connectivity index (χ0n) is 10.9. The Morgan fingerprint density at radius 2 is 2.11 bits per heavy atom. The first-order valence-electron chi connectivity index (χ1n) is 6.72. The number of nitrogens with zero attached hydrogens (tertiary/aromatic N) is 1. The monoisotopic (exact) mass is 298 g/mol. The second-order valence-corrected chi connectivity index (χ2v) is 7.32. The van der Waals surface area contributed by atoms with Crippen molar-refractivity contribution < 1.29 is 9.90 Å². The van der Waals surface area contributed by atoms with E-state index in [1.165, 1.54) is 11.3 Å². The van der Waals surface area contributed by atoms with Gasteiger partial charge in [0.2, 0.25) is 5.91 Å². The van der Waals surface area contributed by atoms with Gasteiger partial charge in [-0.15, -0.1) is 11.3 Å². The molecule has 2 atom stereocenters. The third-order valence-corrected chi connectivity index (χ3v) is 5.57. The van der Waals surface area contributed by atoms with E-state index in [-0.39, 0.29) is 24.1 Å². The van der Waals surface area contributed by atoms with Gasteiger partial charge in [0.1, 0.15) is 0 Å². The van der Waals surface area contributed by atoms with Gasteiger partial charge in [0, 0.05) is 22.7 Å². The standard InChI is InChI=1S/C13H18N2O2S2/c1-7-11(19-13(18)14-7)6-12(17)15-8-2-3-9(15)5-10(16)4-8/h8-10,16H,2-6H2,1H3,(H,14,18). The maximum Gasteiger partial charge on any atom is 0.228 e. The molecule has 2 N–H and O–H groups in total. The van der Waals surface area contributed by atoms with E-state index in [9.17, 15) is 9.90 Å². The Morgan fingerprint density at radius 3 is 2.63 bits per heavy atom. The number of thiazole rings is 1. The first-order chi connectivity index (χ1) is 9.04. The molecule has 19 heavy (non-hydrogen) atoms. The highest BCUT2D eigenvalue weighted by Gasteiger charge is 2.42. The average molecular weight is 298 g/mol. The summed E-state index contributed by atoms with van der Waals surface area (Å²) in [6.45, 7) is 1.96. The van der Waals surface area contributed by atoms with E-state index in [0.29, 0.717) is 6.42 Å². The molecule has 3 rings (SSSR count). The summed E-state index contributed by atoms with van der Waals surface area (Å²) in [6.07, 6.45) is 3.77. The van der Waals surface area contributed by atoms with Crippen LogP contribution >= 0.6 is 23.6 Å². The molecule has 1 aromatic heterocycles. The molecule has 4 nitrogen and oxygen atoms in total. The number of hydrogen-bond donors (Lipinski definition) is 2. The number of aliphatic hydroxyl groups is 1. The molecule has 3 heterocycles. The Labute approximate surface area is 121 Å². The molecule has 2 unspecified atom stereocenters. The number of fused-ring (bicyclic) bond motifs is 2. The second kappa shape index (κ2) is 5.00. The highest BCUT2D eigenvalue weighted by atomic mass is 32.1. The lowest BCUT2D eigenvalue weighted by Crippen LogP contribution is -2.48. The average Bonchev–Trinajstić information content (AvgIpc) is 2.77. The third kappa shape index (κ3) is 2.49. The van der Waals surface area contributed by atoms with Crippen LogP contribution in [0.15, 0.2) is 0 Å². The van der Waals surface area contributed by atoms with Crippen molar-refractivity contribution in [1.82, 2.24) is 9.88 Å². The van der Waals surface area contributed by atoms with Crippen LogP contribution in [-0.2, 0) is 11.2 Å². The number of hydrogen-bond acceptors (Lipinski definition) is 4. The molecular formula is C13H18N2O2S2. The number of carbonyl (C=O) groups excluding carboxylic acids is 1. The van der Waals surface area contributed by atoms with Gasteiger partial charge in [-0.05, 0) is 44.8 Å². The predicted octanol–water partition coefficient (Wildman–Crippen LogP) is 2.17. The summed E-state index contributed by atoms with van der Waals surface area (Å²) in [4.78, 5) is 18.6. The van der Waals surface area contributed by atoms with Crippen molar-refractivity contribution in [3.63, 3.8) is 0 Å². The Kier molecular flexibility index (Phi) is 3.49. The number of amides is 1. The van der Waals surface area contributed by atoms with Gasteiger partial charge < -0.3 is 15.0 Å². The van der Waals surface area contributed by atoms with Crippen LogP contribution in [0.4, 0.5) is 0 Å². The van der Waals surface area contributed by atoms with Gasteiger partial charge in [-0.3, -0.25) is 4.79 Å². The normalized spacial score (nSPS) is 29.8. The van der Waals surface area contributed by atoms with E-state index in [1.807, 2.05) is 11.8 Å². The minimum absolute atomic E-state index is 0.188. The van der Waals surface area contributed by atoms with Crippen LogP contribution in [0, 0.1) is 10.9 Å². The summed E-state index contributed by atoms with van der Waals surface area (Å²) < 4.78 is 0.734. The van der Waals surface area contributed by atoms with Gasteiger partial charge in [0.25, 0.3) is 0 Å². The lowest BCUT2D eigenvalue weighted by molar-refractivity contribution is -0.136. The summed E-state index contributed by atoms with van der Waals surface area (Å²) in [6, 6.07) is 0.488. The Balaban J connectivity index is 1.75. The summed E-state index contributed by atoms with van der Waals surface area (Å²) >= 11 is 6.60. The lowest BCUT2D eigenvalue weighted by Gasteiger charge is -2.37. The maximum absolute atomic E-state index is 12.5. The smallest absolute Gasteiger partial charge is 0.228 e. The number of carbonyl (C=O) groups is 1. The maximum atomic E-state index is 12.5. The fourth-order valence-electron chi connectivity index (χ4n) is 3.39. The van der Waals surface area contributed by atoms with Crippen molar-refractivity contribution in [3.05, 3.63) is 14.5 Å². The molecule has 2 saturated heterocycles. The molecule has 0 spiro atoms. The van der Waals surface area contributed by atoms with Crippen LogP contribution in [0.2, 0.25) is 0 Å². The number of rotatable bonds is 2. The van der Waals surface area contributed by atoms with Crippen molar-refractivity contribution in [1.29, 1.82) is 0 Å². The van der Waals surface area contributed by atoms with Gasteiger partial charge >= 0.3 is 0 Å². The second-order valence-electron chi connectivity index (χ2n) is 5.55. The SMILES string of the molecule is Cc1[nH]c(=S)sc1CC(=O)N1C2CCC1CC(O)C2. The minimum atomic E-state index is -0.224. The number of piperidine rings is 1. The first kappa shape index (κ1) is 13.3. The molecular weight excluding hydrogens is 280 g/mol. The van der Waals surface area contributed by atoms with Crippen LogP contribution in [0.5, 0.6) is 0 Å². The molecule has 6 heteroatoms. The van der Waals surface area contributed by atoms with Crippen LogP contribution in [-0.4, -0.2) is 39.1 Å². The largest absolute Gasteiger partial charge is 0.393 e. The minimum Gasteiger partial charge on any atom is -0.393 e. The molecule has 2 aliphatic heterocycles. The van der Waals surface area contributed by atoms with E-state index >= 15 is 0 Å². The van der Waals surface area contributed by atoms with Crippen molar-refractivity contribution in [2.45, 2.75) is 57.2 Å². The van der Waals surface area contributed by atoms with Crippen LogP contribution in [0.25, 0.3) is 0 Å². The molecule has 1 aromatic rings. The summed E-state index contributed by atoms with van der Waals surface area (Å²) in [5, 5.41) is 9.77. The van der Waals surface area contributed by atoms with Crippen LogP contribution in [0.3, 0.4) is 0 Å². The van der Waals surface area contributed by atoms with Crippen molar-refractivity contribution in [2.24, 2.45) is 0 Å². The molecule has 1 amide bonds. The number of aliphatic hydroxyl groups excluding tert-OH is 1. The molecule has 2 aliphatic rings. The Morgan fingerprint density at radius 1 is 1.47 bits per heavy atom. The van der Waals surface area contributed by atoms with Crippen LogP contribution < -0.4 is 0 Å². The molecule has 0 aromatic carbocycles. The zero-order valence-corrected chi connectivity index (χ0v) is 12.5. The van der Waals surface area contributed by atoms with Crippen molar-refractivity contribution in [2.75, 3.05) is 0 Å². The molecule has 0 saturated carbocycles. The fourth-order valence-corrected chi connectivity index (χ4v) is 4.67. The van der Waals surface area contributed by atoms with Crippen molar-refractivity contribution in [3.8, 4) is 0 Å². The van der Waals surface area contributed by atoms with Gasteiger partial charge in [-0.2, -0.15) is 0 Å². The fraction of sp³-hybridized carbons (Fsp3) is 0.692. The Bertz CT molecular complexity index is 537. The molecule has 0 radical (unpaired) electrons. The lowest BCUT2D eigenvalue weighted by atomic mass is 9.99. The topological polar surface area (TPSA) is 56.3 Å². The van der Waals surface area contributed by atoms with Gasteiger partial charge in [-0.25, -0.2) is 0 Å². The molecule has 2 bridgehead atoms. The Hall–Kier alpha value is -0.720. The van der Waals surface area contributed by atoms with Gasteiger partial charge in [0.05, 0.1) is 12.5 Å². The number of H-pyrrole nitrogens is 1. The number of nitrogens with one attached hydrogen (secondary N) is 1. The van der Waals surface area contributed by atoms with E-state index < -0.39 is 0 Å². The highest BCUT2D eigenvalue weighted by Crippen LogP contribution is 2.36. The van der Waals surface area contributed by atoms with E-state index in [2.05, 4.69) is 4.98 Å². The third-order valence-electron chi connectivity index (χ3n) is 4.23. The first-order valence-corrected chi connectivity index (χ1v) is 7.95. The highest BCUT2D eigenvalue weighted by molar-refractivity contribution is 7.73. The zero-order chi connectivity index (χ0) is 13.6. The molecule has 2 fully saturated rings. The molecule has 104 valence electrons. The van der Waals surface area contributed by atoms with Gasteiger partial charge in [-0.1, -0.05) is 0 Å². The van der Waals surface area contributed by atoms with E-state index in [0.717, 1.165) is 40.2 Å². The van der Waals surface area contributed by atoms with Gasteiger partial charge in [0.15, 0.2) is 3.95 Å². The predicted molar refractivity (Wildman–Crippen MR) is 76.8 cm³/mol. The van der Waals surface area contributed by atoms with E-state index in [1.54, 1.807) is 0 Å². The van der Waals surface area contributed by atoms with Crippen LogP contribution in [0.1, 0.15) is 36.3 Å². The van der Waals surface area contributed by atoms with Crippen molar-refractivity contribution >= 4 is 29.5 Å². The number of aromatic amines is 1. The number of aromatic nitrogens is 1.